The highest BCUT2D eigenvalue weighted by atomic mass is 16.3. The van der Waals surface area contributed by atoms with Gasteiger partial charge in [0.25, 0.3) is 5.91 Å². The third kappa shape index (κ3) is 3.95. The van der Waals surface area contributed by atoms with Gasteiger partial charge in [-0.2, -0.15) is 0 Å². The Morgan fingerprint density at radius 2 is 1.92 bits per heavy atom. The zero-order valence-electron chi connectivity index (χ0n) is 16.0. The summed E-state index contributed by atoms with van der Waals surface area (Å²) >= 11 is 0. The number of piperazine rings is 1. The number of aromatic nitrogens is 4. The van der Waals surface area contributed by atoms with Crippen LogP contribution in [0.15, 0.2) is 22.8 Å². The molecule has 8 nitrogen and oxygen atoms in total. The molecule has 1 atom stereocenters. The van der Waals surface area contributed by atoms with Crippen molar-refractivity contribution in [3.8, 4) is 0 Å². The maximum atomic E-state index is 12.5. The second-order valence-corrected chi connectivity index (χ2v) is 7.53. The highest BCUT2D eigenvalue weighted by molar-refractivity contribution is 5.91. The van der Waals surface area contributed by atoms with Crippen LogP contribution in [0.1, 0.15) is 62.6 Å². The second kappa shape index (κ2) is 7.99. The average molecular weight is 360 g/mol. The number of hydrogen-bond acceptors (Lipinski definition) is 6. The Bertz CT molecular complexity index is 701. The van der Waals surface area contributed by atoms with Gasteiger partial charge in [-0.3, -0.25) is 9.69 Å². The average Bonchev–Trinajstić information content (AvgIpc) is 3.30. The molecule has 3 heterocycles. The third-order valence-corrected chi connectivity index (χ3v) is 4.77. The van der Waals surface area contributed by atoms with Gasteiger partial charge < -0.3 is 9.32 Å². The first-order chi connectivity index (χ1) is 12.5. The Morgan fingerprint density at radius 1 is 1.19 bits per heavy atom. The lowest BCUT2D eigenvalue weighted by Gasteiger charge is -2.39. The van der Waals surface area contributed by atoms with Crippen molar-refractivity contribution in [1.82, 2.24) is 30.0 Å². The number of hydrogen-bond donors (Lipinski definition) is 0. The van der Waals surface area contributed by atoms with Crippen LogP contribution in [0.5, 0.6) is 0 Å². The monoisotopic (exact) mass is 360 g/mol. The fourth-order valence-corrected chi connectivity index (χ4v) is 3.44. The van der Waals surface area contributed by atoms with Crippen LogP contribution in [-0.2, 0) is 0 Å². The fourth-order valence-electron chi connectivity index (χ4n) is 3.44. The van der Waals surface area contributed by atoms with E-state index in [1.54, 1.807) is 12.1 Å². The molecule has 0 N–H and O–H groups in total. The van der Waals surface area contributed by atoms with Gasteiger partial charge in [-0.15, -0.1) is 5.10 Å². The van der Waals surface area contributed by atoms with Crippen molar-refractivity contribution >= 4 is 5.91 Å². The molecule has 0 radical (unpaired) electrons. The molecule has 2 aromatic rings. The first-order valence-corrected chi connectivity index (χ1v) is 9.32. The molecule has 1 fully saturated rings. The van der Waals surface area contributed by atoms with E-state index in [0.717, 1.165) is 25.3 Å². The first kappa shape index (κ1) is 18.6. The van der Waals surface area contributed by atoms with Crippen LogP contribution in [0.4, 0.5) is 0 Å². The van der Waals surface area contributed by atoms with Crippen molar-refractivity contribution in [2.24, 2.45) is 5.92 Å². The summed E-state index contributed by atoms with van der Waals surface area (Å²) in [6.07, 6.45) is 2.52. The van der Waals surface area contributed by atoms with Crippen LogP contribution < -0.4 is 0 Å². The van der Waals surface area contributed by atoms with E-state index in [9.17, 15) is 4.79 Å². The molecular formula is C18H28N6O2. The van der Waals surface area contributed by atoms with Gasteiger partial charge in [-0.1, -0.05) is 13.8 Å². The lowest BCUT2D eigenvalue weighted by molar-refractivity contribution is 0.0498. The van der Waals surface area contributed by atoms with Crippen molar-refractivity contribution in [3.05, 3.63) is 30.0 Å². The van der Waals surface area contributed by atoms with Crippen molar-refractivity contribution < 1.29 is 9.21 Å². The van der Waals surface area contributed by atoms with Crippen molar-refractivity contribution in [1.29, 1.82) is 0 Å². The maximum Gasteiger partial charge on any atom is 0.289 e. The van der Waals surface area contributed by atoms with Crippen molar-refractivity contribution in [2.75, 3.05) is 26.2 Å². The van der Waals surface area contributed by atoms with E-state index in [1.165, 1.54) is 6.26 Å². The number of tetrazole rings is 1. The minimum absolute atomic E-state index is 0.0397. The Kier molecular flexibility index (Phi) is 5.70. The predicted octanol–water partition coefficient (Wildman–Crippen LogP) is 2.39. The van der Waals surface area contributed by atoms with E-state index in [2.05, 4.69) is 48.1 Å². The van der Waals surface area contributed by atoms with Gasteiger partial charge in [0.05, 0.1) is 18.3 Å². The van der Waals surface area contributed by atoms with Gasteiger partial charge in [0, 0.05) is 26.2 Å². The van der Waals surface area contributed by atoms with E-state index in [4.69, 9.17) is 4.42 Å². The molecule has 1 amide bonds. The molecule has 1 saturated heterocycles. The van der Waals surface area contributed by atoms with Crippen LogP contribution in [-0.4, -0.2) is 62.1 Å². The summed E-state index contributed by atoms with van der Waals surface area (Å²) in [5.41, 5.74) is 0. The zero-order chi connectivity index (χ0) is 18.7. The lowest BCUT2D eigenvalue weighted by Crippen LogP contribution is -2.50. The Balaban J connectivity index is 1.71. The zero-order valence-corrected chi connectivity index (χ0v) is 16.0. The van der Waals surface area contributed by atoms with Gasteiger partial charge in [0.1, 0.15) is 0 Å². The molecule has 142 valence electrons. The molecule has 0 spiro atoms. The summed E-state index contributed by atoms with van der Waals surface area (Å²) in [5.74, 6) is 1.81. The maximum absolute atomic E-state index is 12.5. The molecule has 1 aliphatic rings. The molecule has 2 aromatic heterocycles. The topological polar surface area (TPSA) is 80.3 Å². The lowest BCUT2D eigenvalue weighted by atomic mass is 10.0. The molecule has 0 aromatic carbocycles. The minimum Gasteiger partial charge on any atom is -0.459 e. The van der Waals surface area contributed by atoms with Gasteiger partial charge >= 0.3 is 0 Å². The Morgan fingerprint density at radius 3 is 2.50 bits per heavy atom. The summed E-state index contributed by atoms with van der Waals surface area (Å²) in [5, 5.41) is 12.4. The molecule has 8 heteroatoms. The smallest absolute Gasteiger partial charge is 0.289 e. The molecule has 0 saturated carbocycles. The second-order valence-electron chi connectivity index (χ2n) is 7.53. The standard InChI is InChI=1S/C18H28N6O2/c1-13(2)12-15(17-19-20-21-24(17)14(3)4)22-7-9-23(10-8-22)18(25)16-6-5-11-26-16/h5-6,11,13-15H,7-10,12H2,1-4H3/t15-/m0/s1. The van der Waals surface area contributed by atoms with Gasteiger partial charge in [0.15, 0.2) is 11.6 Å². The highest BCUT2D eigenvalue weighted by Crippen LogP contribution is 2.28. The molecule has 26 heavy (non-hydrogen) atoms. The summed E-state index contributed by atoms with van der Waals surface area (Å²) in [4.78, 5) is 16.7. The molecule has 3 rings (SSSR count). The van der Waals surface area contributed by atoms with E-state index in [0.29, 0.717) is 24.8 Å². The largest absolute Gasteiger partial charge is 0.459 e. The van der Waals surface area contributed by atoms with E-state index < -0.39 is 0 Å². The van der Waals surface area contributed by atoms with Crippen LogP contribution in [0.3, 0.4) is 0 Å². The quantitative estimate of drug-likeness (QED) is 0.787. The van der Waals surface area contributed by atoms with E-state index in [-0.39, 0.29) is 18.0 Å². The fraction of sp³-hybridized carbons (Fsp3) is 0.667. The highest BCUT2D eigenvalue weighted by Gasteiger charge is 2.32. The molecule has 0 aliphatic carbocycles. The van der Waals surface area contributed by atoms with Crippen LogP contribution in [0, 0.1) is 5.92 Å². The number of carbonyl (C=O) groups is 1. The van der Waals surface area contributed by atoms with Crippen LogP contribution in [0.25, 0.3) is 0 Å². The summed E-state index contributed by atoms with van der Waals surface area (Å²) in [7, 11) is 0. The SMILES string of the molecule is CC(C)C[C@@H](c1nnnn1C(C)C)N1CCN(C(=O)c2ccco2)CC1. The van der Waals surface area contributed by atoms with Gasteiger partial charge in [-0.05, 0) is 48.7 Å². The molecule has 0 bridgehead atoms. The predicted molar refractivity (Wildman–Crippen MR) is 96.6 cm³/mol. The molecule has 1 aliphatic heterocycles. The molecule has 0 unspecified atom stereocenters. The third-order valence-electron chi connectivity index (χ3n) is 4.77. The number of carbonyl (C=O) groups excluding carboxylic acids is 1. The van der Waals surface area contributed by atoms with Gasteiger partial charge in [0.2, 0.25) is 0 Å². The Labute approximate surface area is 154 Å². The number of rotatable bonds is 6. The summed E-state index contributed by atoms with van der Waals surface area (Å²) in [6, 6.07) is 3.84. The van der Waals surface area contributed by atoms with E-state index in [1.807, 2.05) is 9.58 Å². The van der Waals surface area contributed by atoms with Crippen molar-refractivity contribution in [3.63, 3.8) is 0 Å². The van der Waals surface area contributed by atoms with E-state index >= 15 is 0 Å². The normalized spacial score (nSPS) is 17.2. The van der Waals surface area contributed by atoms with Crippen LogP contribution >= 0.6 is 0 Å². The molecular weight excluding hydrogens is 332 g/mol. The summed E-state index contributed by atoms with van der Waals surface area (Å²) < 4.78 is 7.15. The van der Waals surface area contributed by atoms with Crippen molar-refractivity contribution in [2.45, 2.75) is 46.2 Å². The Hall–Kier alpha value is -2.22. The van der Waals surface area contributed by atoms with Crippen LogP contribution in [0.2, 0.25) is 0 Å². The van der Waals surface area contributed by atoms with Gasteiger partial charge in [-0.25, -0.2) is 4.68 Å². The number of furan rings is 1. The number of nitrogens with zero attached hydrogens (tertiary/aromatic N) is 6. The minimum atomic E-state index is -0.0397. The summed E-state index contributed by atoms with van der Waals surface area (Å²) in [6.45, 7) is 11.6. The first-order valence-electron chi connectivity index (χ1n) is 9.32. The number of amides is 1.